The van der Waals surface area contributed by atoms with E-state index in [0.29, 0.717) is 27.8 Å². The lowest BCUT2D eigenvalue weighted by Crippen LogP contribution is -2.40. The first-order valence-electron chi connectivity index (χ1n) is 9.68. The van der Waals surface area contributed by atoms with Crippen LogP contribution in [0.25, 0.3) is 0 Å². The number of halogens is 1. The Balaban J connectivity index is 1.67. The second kappa shape index (κ2) is 10.1. The Morgan fingerprint density at radius 1 is 0.867 bits per heavy atom. The number of nitrogens with one attached hydrogen (secondary N) is 2. The molecule has 0 aliphatic heterocycles. The number of anilines is 2. The van der Waals surface area contributed by atoms with Crippen molar-refractivity contribution in [1.82, 2.24) is 5.32 Å². The van der Waals surface area contributed by atoms with E-state index in [9.17, 15) is 9.59 Å². The van der Waals surface area contributed by atoms with Crippen LogP contribution in [0.2, 0.25) is 0 Å². The van der Waals surface area contributed by atoms with Gasteiger partial charge in [-0.05, 0) is 59.3 Å². The lowest BCUT2D eigenvalue weighted by Gasteiger charge is -2.27. The van der Waals surface area contributed by atoms with Gasteiger partial charge in [0.05, 0.1) is 16.8 Å². The predicted octanol–water partition coefficient (Wildman–Crippen LogP) is 4.96. The molecule has 2 N–H and O–H groups in total. The Kier molecular flexibility index (Phi) is 7.25. The van der Waals surface area contributed by atoms with Gasteiger partial charge in [-0.25, -0.2) is 0 Å². The van der Waals surface area contributed by atoms with Crippen molar-refractivity contribution in [3.8, 4) is 0 Å². The van der Waals surface area contributed by atoms with Gasteiger partial charge in [0.25, 0.3) is 11.8 Å². The maximum absolute atomic E-state index is 12.8. The van der Waals surface area contributed by atoms with Crippen LogP contribution < -0.4 is 15.5 Å². The summed E-state index contributed by atoms with van der Waals surface area (Å²) in [5.41, 5.74) is 2.48. The number of rotatable bonds is 7. The number of amides is 2. The third-order valence-electron chi connectivity index (χ3n) is 4.92. The molecule has 0 spiro atoms. The van der Waals surface area contributed by atoms with Crippen LogP contribution in [0.3, 0.4) is 0 Å². The molecular weight excluding hydrogens is 442 g/mol. The van der Waals surface area contributed by atoms with Crippen molar-refractivity contribution in [2.75, 3.05) is 23.8 Å². The maximum Gasteiger partial charge on any atom is 0.256 e. The van der Waals surface area contributed by atoms with E-state index in [4.69, 9.17) is 0 Å². The van der Waals surface area contributed by atoms with Crippen LogP contribution in [0, 0.1) is 0 Å². The van der Waals surface area contributed by atoms with Crippen molar-refractivity contribution in [1.29, 1.82) is 0 Å². The molecule has 0 saturated heterocycles. The monoisotopic (exact) mass is 465 g/mol. The highest BCUT2D eigenvalue weighted by molar-refractivity contribution is 9.10. The summed E-state index contributed by atoms with van der Waals surface area (Å²) in [5.74, 6) is -0.508. The number of para-hydroxylation sites is 2. The van der Waals surface area contributed by atoms with Crippen molar-refractivity contribution in [2.24, 2.45) is 0 Å². The van der Waals surface area contributed by atoms with Gasteiger partial charge in [0, 0.05) is 29.8 Å². The van der Waals surface area contributed by atoms with Crippen molar-refractivity contribution in [2.45, 2.75) is 13.0 Å². The Hall–Kier alpha value is -3.12. The number of hydrogen-bond acceptors (Lipinski definition) is 3. The van der Waals surface area contributed by atoms with Gasteiger partial charge in [-0.15, -0.1) is 0 Å². The fourth-order valence-corrected chi connectivity index (χ4v) is 3.48. The van der Waals surface area contributed by atoms with Gasteiger partial charge in [0.15, 0.2) is 0 Å². The Morgan fingerprint density at radius 3 is 2.17 bits per heavy atom. The molecule has 0 aromatic heterocycles. The first kappa shape index (κ1) is 21.6. The number of carbonyl (C=O) groups is 2. The Labute approximate surface area is 185 Å². The minimum atomic E-state index is -0.278. The molecule has 30 heavy (non-hydrogen) atoms. The second-order valence-electron chi connectivity index (χ2n) is 6.99. The minimum absolute atomic E-state index is 0.0957. The van der Waals surface area contributed by atoms with Crippen molar-refractivity contribution in [3.63, 3.8) is 0 Å². The molecule has 3 aromatic carbocycles. The molecule has 1 unspecified atom stereocenters. The molecule has 5 nitrogen and oxygen atoms in total. The van der Waals surface area contributed by atoms with Gasteiger partial charge >= 0.3 is 0 Å². The summed E-state index contributed by atoms with van der Waals surface area (Å²) in [5, 5.41) is 5.82. The SMILES string of the molecule is CC(CNC(=O)c1ccccc1NC(=O)c1ccccc1Br)N(C)c1ccccc1. The summed E-state index contributed by atoms with van der Waals surface area (Å²) in [6, 6.07) is 24.3. The molecular formula is C24H24BrN3O2. The second-order valence-corrected chi connectivity index (χ2v) is 7.84. The third-order valence-corrected chi connectivity index (χ3v) is 5.61. The first-order valence-corrected chi connectivity index (χ1v) is 10.5. The predicted molar refractivity (Wildman–Crippen MR) is 125 cm³/mol. The molecule has 0 aliphatic rings. The third kappa shape index (κ3) is 5.27. The fourth-order valence-electron chi connectivity index (χ4n) is 3.02. The van der Waals surface area contributed by atoms with Gasteiger partial charge in [-0.1, -0.05) is 42.5 Å². The highest BCUT2D eigenvalue weighted by Crippen LogP contribution is 2.20. The summed E-state index contributed by atoms with van der Waals surface area (Å²) < 4.78 is 0.696. The molecule has 0 aliphatic carbocycles. The van der Waals surface area contributed by atoms with Gasteiger partial charge in [0.1, 0.15) is 0 Å². The van der Waals surface area contributed by atoms with Crippen LogP contribution in [0.4, 0.5) is 11.4 Å². The van der Waals surface area contributed by atoms with Gasteiger partial charge < -0.3 is 15.5 Å². The summed E-state index contributed by atoms with van der Waals surface area (Å²) in [6.45, 7) is 2.52. The van der Waals surface area contributed by atoms with Crippen molar-refractivity contribution in [3.05, 3.63) is 94.5 Å². The molecule has 6 heteroatoms. The van der Waals surface area contributed by atoms with Crippen molar-refractivity contribution >= 4 is 39.1 Å². The smallest absolute Gasteiger partial charge is 0.256 e. The fraction of sp³-hybridized carbons (Fsp3) is 0.167. The summed E-state index contributed by atoms with van der Waals surface area (Å²) in [4.78, 5) is 27.6. The zero-order chi connectivity index (χ0) is 21.5. The molecule has 0 heterocycles. The van der Waals surface area contributed by atoms with Crippen LogP contribution in [-0.4, -0.2) is 31.4 Å². The average molecular weight is 466 g/mol. The zero-order valence-corrected chi connectivity index (χ0v) is 18.5. The molecule has 1 atom stereocenters. The lowest BCUT2D eigenvalue weighted by molar-refractivity contribution is 0.0952. The number of likely N-dealkylation sites (N-methyl/N-ethyl adjacent to an activating group) is 1. The molecule has 0 bridgehead atoms. The van der Waals surface area contributed by atoms with E-state index in [1.54, 1.807) is 42.5 Å². The highest BCUT2D eigenvalue weighted by atomic mass is 79.9. The molecule has 0 saturated carbocycles. The Bertz CT molecular complexity index is 1020. The first-order chi connectivity index (χ1) is 14.5. The molecule has 3 rings (SSSR count). The summed E-state index contributed by atoms with van der Waals surface area (Å²) in [7, 11) is 2.00. The van der Waals surface area contributed by atoms with Crippen LogP contribution >= 0.6 is 15.9 Å². The number of carbonyl (C=O) groups excluding carboxylic acids is 2. The molecule has 3 aromatic rings. The van der Waals surface area contributed by atoms with Crippen LogP contribution in [0.15, 0.2) is 83.3 Å². The number of nitrogens with zero attached hydrogens (tertiary/aromatic N) is 1. The van der Waals surface area contributed by atoms with Crippen LogP contribution in [0.5, 0.6) is 0 Å². The van der Waals surface area contributed by atoms with E-state index in [1.807, 2.05) is 50.4 Å². The summed E-state index contributed by atoms with van der Waals surface area (Å²) in [6.07, 6.45) is 0. The van der Waals surface area contributed by atoms with E-state index in [1.165, 1.54) is 0 Å². The van der Waals surface area contributed by atoms with E-state index in [2.05, 4.69) is 31.5 Å². The topological polar surface area (TPSA) is 61.4 Å². The molecule has 0 radical (unpaired) electrons. The quantitative estimate of drug-likeness (QED) is 0.518. The van der Waals surface area contributed by atoms with Crippen LogP contribution in [0.1, 0.15) is 27.6 Å². The minimum Gasteiger partial charge on any atom is -0.370 e. The largest absolute Gasteiger partial charge is 0.370 e. The van der Waals surface area contributed by atoms with E-state index in [-0.39, 0.29) is 17.9 Å². The molecule has 0 fully saturated rings. The standard InChI is InChI=1S/C24H24BrN3O2/c1-17(28(2)18-10-4-3-5-11-18)16-26-23(29)20-13-7-9-15-22(20)27-24(30)19-12-6-8-14-21(19)25/h3-15,17H,16H2,1-2H3,(H,26,29)(H,27,30). The molecule has 2 amide bonds. The maximum atomic E-state index is 12.8. The van der Waals surface area contributed by atoms with E-state index < -0.39 is 0 Å². The van der Waals surface area contributed by atoms with E-state index >= 15 is 0 Å². The molecule has 154 valence electrons. The average Bonchev–Trinajstić information content (AvgIpc) is 2.78. The lowest BCUT2D eigenvalue weighted by atomic mass is 10.1. The van der Waals surface area contributed by atoms with Gasteiger partial charge in [-0.3, -0.25) is 9.59 Å². The van der Waals surface area contributed by atoms with E-state index in [0.717, 1.165) is 5.69 Å². The zero-order valence-electron chi connectivity index (χ0n) is 16.9. The Morgan fingerprint density at radius 2 is 1.47 bits per heavy atom. The highest BCUT2D eigenvalue weighted by Gasteiger charge is 2.17. The van der Waals surface area contributed by atoms with Crippen LogP contribution in [-0.2, 0) is 0 Å². The number of hydrogen-bond donors (Lipinski definition) is 2. The van der Waals surface area contributed by atoms with Crippen molar-refractivity contribution < 1.29 is 9.59 Å². The van der Waals surface area contributed by atoms with Gasteiger partial charge in [0.2, 0.25) is 0 Å². The van der Waals surface area contributed by atoms with Gasteiger partial charge in [-0.2, -0.15) is 0 Å². The normalized spacial score (nSPS) is 11.4. The number of benzene rings is 3. The summed E-state index contributed by atoms with van der Waals surface area (Å²) >= 11 is 3.39.